The first-order chi connectivity index (χ1) is 9.78. The summed E-state index contributed by atoms with van der Waals surface area (Å²) in [5.74, 6) is 1.34. The predicted octanol–water partition coefficient (Wildman–Crippen LogP) is 4.67. The van der Waals surface area contributed by atoms with E-state index in [1.807, 2.05) is 30.3 Å². The van der Waals surface area contributed by atoms with Crippen LogP contribution < -0.4 is 0 Å². The molecule has 0 aliphatic carbocycles. The van der Waals surface area contributed by atoms with Gasteiger partial charge in [0.15, 0.2) is 0 Å². The zero-order chi connectivity index (χ0) is 13.9. The number of para-hydroxylation sites is 2. The van der Waals surface area contributed by atoms with Crippen molar-refractivity contribution in [2.45, 2.75) is 18.8 Å². The third kappa shape index (κ3) is 2.67. The predicted molar refractivity (Wildman–Crippen MR) is 84.4 cm³/mol. The Kier molecular flexibility index (Phi) is 3.95. The largest absolute Gasteiger partial charge is 0.327 e. The molecule has 0 radical (unpaired) electrons. The summed E-state index contributed by atoms with van der Waals surface area (Å²) in [4.78, 5) is 4.57. The van der Waals surface area contributed by atoms with Gasteiger partial charge in [-0.05, 0) is 36.2 Å². The van der Waals surface area contributed by atoms with Gasteiger partial charge in [0.25, 0.3) is 0 Å². The maximum atomic E-state index is 6.01. The van der Waals surface area contributed by atoms with Crippen molar-refractivity contribution < 1.29 is 0 Å². The van der Waals surface area contributed by atoms with Gasteiger partial charge in [-0.2, -0.15) is 0 Å². The Hall–Kier alpha value is -1.51. The second-order valence-corrected chi connectivity index (χ2v) is 5.38. The molecule has 0 spiro atoms. The third-order valence-electron chi connectivity index (χ3n) is 3.39. The van der Waals surface area contributed by atoms with E-state index in [-0.39, 0.29) is 0 Å². The lowest BCUT2D eigenvalue weighted by atomic mass is 10.1. The summed E-state index contributed by atoms with van der Waals surface area (Å²) >= 11 is 11.9. The smallest absolute Gasteiger partial charge is 0.124 e. The average Bonchev–Trinajstić information content (AvgIpc) is 2.84. The maximum Gasteiger partial charge on any atom is 0.124 e. The molecule has 0 fully saturated rings. The zero-order valence-electron chi connectivity index (χ0n) is 10.9. The molecule has 0 amide bonds. The molecule has 0 aliphatic rings. The van der Waals surface area contributed by atoms with Gasteiger partial charge in [0.05, 0.1) is 16.9 Å². The normalized spacial score (nSPS) is 11.1. The Balaban J connectivity index is 1.88. The van der Waals surface area contributed by atoms with Gasteiger partial charge in [-0.3, -0.25) is 0 Å². The first kappa shape index (κ1) is 13.5. The molecule has 3 rings (SSSR count). The van der Waals surface area contributed by atoms with Gasteiger partial charge in [0.2, 0.25) is 0 Å². The quantitative estimate of drug-likeness (QED) is 0.640. The van der Waals surface area contributed by atoms with Crippen molar-refractivity contribution in [1.82, 2.24) is 9.55 Å². The van der Waals surface area contributed by atoms with E-state index >= 15 is 0 Å². The van der Waals surface area contributed by atoms with Gasteiger partial charge < -0.3 is 4.57 Å². The lowest BCUT2D eigenvalue weighted by molar-refractivity contribution is 0.688. The van der Waals surface area contributed by atoms with Crippen molar-refractivity contribution in [3.8, 4) is 0 Å². The molecule has 1 aromatic heterocycles. The standard InChI is InChI=1S/C16H14Cl2N2/c17-11-16-19-14-3-1-2-4-15(14)20(16)10-9-12-5-7-13(18)8-6-12/h1-8H,9-11H2. The van der Waals surface area contributed by atoms with Crippen LogP contribution >= 0.6 is 23.2 Å². The van der Waals surface area contributed by atoms with Gasteiger partial charge in [-0.1, -0.05) is 35.9 Å². The molecule has 0 N–H and O–H groups in total. The number of benzene rings is 2. The summed E-state index contributed by atoms with van der Waals surface area (Å²) in [6.07, 6.45) is 0.932. The van der Waals surface area contributed by atoms with E-state index in [1.54, 1.807) is 0 Å². The molecule has 2 aromatic carbocycles. The topological polar surface area (TPSA) is 17.8 Å². The highest BCUT2D eigenvalue weighted by Gasteiger charge is 2.09. The van der Waals surface area contributed by atoms with E-state index < -0.39 is 0 Å². The minimum Gasteiger partial charge on any atom is -0.327 e. The van der Waals surface area contributed by atoms with Crippen LogP contribution in [0, 0.1) is 0 Å². The molecule has 0 saturated heterocycles. The van der Waals surface area contributed by atoms with Crippen LogP contribution in [-0.4, -0.2) is 9.55 Å². The van der Waals surface area contributed by atoms with E-state index in [2.05, 4.69) is 27.8 Å². The van der Waals surface area contributed by atoms with Gasteiger partial charge in [0.1, 0.15) is 5.82 Å². The number of fused-ring (bicyclic) bond motifs is 1. The molecule has 1 heterocycles. The van der Waals surface area contributed by atoms with Crippen LogP contribution in [-0.2, 0) is 18.8 Å². The van der Waals surface area contributed by atoms with Crippen LogP contribution in [0.25, 0.3) is 11.0 Å². The fourth-order valence-corrected chi connectivity index (χ4v) is 2.70. The summed E-state index contributed by atoms with van der Waals surface area (Å²) in [6.45, 7) is 0.865. The molecular weight excluding hydrogens is 291 g/mol. The Morgan fingerprint density at radius 3 is 2.50 bits per heavy atom. The number of aromatic nitrogens is 2. The van der Waals surface area contributed by atoms with Crippen LogP contribution in [0.1, 0.15) is 11.4 Å². The molecule has 0 unspecified atom stereocenters. The van der Waals surface area contributed by atoms with Crippen LogP contribution in [0.4, 0.5) is 0 Å². The lowest BCUT2D eigenvalue weighted by Crippen LogP contribution is -2.05. The SMILES string of the molecule is ClCc1nc2ccccc2n1CCc1ccc(Cl)cc1. The number of alkyl halides is 1. The number of halogens is 2. The summed E-state index contributed by atoms with van der Waals surface area (Å²) in [5, 5.41) is 0.767. The average molecular weight is 305 g/mol. The van der Waals surface area contributed by atoms with E-state index in [1.165, 1.54) is 5.56 Å². The van der Waals surface area contributed by atoms with Crippen molar-refractivity contribution >= 4 is 34.2 Å². The highest BCUT2D eigenvalue weighted by atomic mass is 35.5. The van der Waals surface area contributed by atoms with Crippen molar-refractivity contribution in [1.29, 1.82) is 0 Å². The fraction of sp³-hybridized carbons (Fsp3) is 0.188. The van der Waals surface area contributed by atoms with Crippen molar-refractivity contribution in [3.05, 3.63) is 64.9 Å². The summed E-state index contributed by atoms with van der Waals surface area (Å²) in [5.41, 5.74) is 3.39. The molecule has 0 aliphatic heterocycles. The number of hydrogen-bond acceptors (Lipinski definition) is 1. The number of hydrogen-bond donors (Lipinski definition) is 0. The Labute approximate surface area is 128 Å². The van der Waals surface area contributed by atoms with Crippen molar-refractivity contribution in [2.24, 2.45) is 0 Å². The first-order valence-corrected chi connectivity index (χ1v) is 7.44. The molecule has 0 bridgehead atoms. The molecule has 0 saturated carbocycles. The molecule has 3 aromatic rings. The summed E-state index contributed by atoms with van der Waals surface area (Å²) in [7, 11) is 0. The number of rotatable bonds is 4. The monoisotopic (exact) mass is 304 g/mol. The van der Waals surface area contributed by atoms with Crippen LogP contribution in [0.5, 0.6) is 0 Å². The molecule has 102 valence electrons. The number of imidazole rings is 1. The Bertz CT molecular complexity index is 717. The Morgan fingerprint density at radius 2 is 1.75 bits per heavy atom. The minimum absolute atomic E-state index is 0.426. The minimum atomic E-state index is 0.426. The summed E-state index contributed by atoms with van der Waals surface area (Å²) in [6, 6.07) is 16.1. The van der Waals surface area contributed by atoms with Crippen molar-refractivity contribution in [3.63, 3.8) is 0 Å². The molecule has 0 atom stereocenters. The van der Waals surface area contributed by atoms with Crippen molar-refractivity contribution in [2.75, 3.05) is 0 Å². The van der Waals surface area contributed by atoms with Gasteiger partial charge >= 0.3 is 0 Å². The van der Waals surface area contributed by atoms with Gasteiger partial charge in [-0.25, -0.2) is 4.98 Å². The second kappa shape index (κ2) is 5.86. The third-order valence-corrected chi connectivity index (χ3v) is 3.88. The molecule has 2 nitrogen and oxygen atoms in total. The van der Waals surface area contributed by atoms with Gasteiger partial charge in [0, 0.05) is 11.6 Å². The second-order valence-electron chi connectivity index (χ2n) is 4.68. The molecule has 4 heteroatoms. The zero-order valence-corrected chi connectivity index (χ0v) is 12.4. The highest BCUT2D eigenvalue weighted by molar-refractivity contribution is 6.30. The highest BCUT2D eigenvalue weighted by Crippen LogP contribution is 2.18. The van der Waals surface area contributed by atoms with E-state index in [4.69, 9.17) is 23.2 Å². The van der Waals surface area contributed by atoms with E-state index in [0.29, 0.717) is 5.88 Å². The maximum absolute atomic E-state index is 6.01. The van der Waals surface area contributed by atoms with E-state index in [9.17, 15) is 0 Å². The van der Waals surface area contributed by atoms with Gasteiger partial charge in [-0.15, -0.1) is 11.6 Å². The van der Waals surface area contributed by atoms with Crippen LogP contribution in [0.3, 0.4) is 0 Å². The molecule has 20 heavy (non-hydrogen) atoms. The fourth-order valence-electron chi connectivity index (χ4n) is 2.37. The summed E-state index contributed by atoms with van der Waals surface area (Å²) < 4.78 is 2.19. The number of nitrogens with zero attached hydrogens (tertiary/aromatic N) is 2. The van der Waals surface area contributed by atoms with Crippen LogP contribution in [0.2, 0.25) is 5.02 Å². The lowest BCUT2D eigenvalue weighted by Gasteiger charge is -2.08. The Morgan fingerprint density at radius 1 is 1.00 bits per heavy atom. The number of aryl methyl sites for hydroxylation is 2. The first-order valence-electron chi connectivity index (χ1n) is 6.52. The molecular formula is C16H14Cl2N2. The van der Waals surface area contributed by atoms with Crippen LogP contribution in [0.15, 0.2) is 48.5 Å². The van der Waals surface area contributed by atoms with E-state index in [0.717, 1.165) is 34.8 Å².